The smallest absolute Gasteiger partial charge is 0.164 e. The second-order valence-electron chi connectivity index (χ2n) is 3.16. The number of fused-ring (bicyclic) bond motifs is 1. The molecule has 0 spiro atoms. The van der Waals surface area contributed by atoms with Crippen LogP contribution in [0.2, 0.25) is 0 Å². The molecule has 3 heteroatoms. The van der Waals surface area contributed by atoms with Crippen molar-refractivity contribution in [2.75, 3.05) is 0 Å². The molecule has 1 aliphatic rings. The standard InChI is InChI=1S/C11H6N2O/c12-5-7-1-2-8(6-13)11-9(7)3-4-10(11)14/h1-2H,3-4H2. The Kier molecular flexibility index (Phi) is 1.80. The first-order valence-electron chi connectivity index (χ1n) is 4.27. The van der Waals surface area contributed by atoms with Crippen LogP contribution in [0.5, 0.6) is 0 Å². The molecule has 1 aromatic rings. The lowest BCUT2D eigenvalue weighted by molar-refractivity contribution is 0.0994. The number of nitrogens with zero attached hydrogens (tertiary/aromatic N) is 2. The van der Waals surface area contributed by atoms with Crippen LogP contribution < -0.4 is 0 Å². The minimum atomic E-state index is -0.0198. The van der Waals surface area contributed by atoms with Crippen LogP contribution in [0.25, 0.3) is 0 Å². The van der Waals surface area contributed by atoms with Crippen molar-refractivity contribution >= 4 is 5.78 Å². The average molecular weight is 182 g/mol. The first kappa shape index (κ1) is 8.47. The zero-order valence-electron chi connectivity index (χ0n) is 7.37. The lowest BCUT2D eigenvalue weighted by Crippen LogP contribution is -1.97. The van der Waals surface area contributed by atoms with Crippen molar-refractivity contribution in [2.45, 2.75) is 12.8 Å². The highest BCUT2D eigenvalue weighted by atomic mass is 16.1. The van der Waals surface area contributed by atoms with Crippen LogP contribution in [-0.4, -0.2) is 5.78 Å². The van der Waals surface area contributed by atoms with Crippen molar-refractivity contribution in [1.29, 1.82) is 10.5 Å². The van der Waals surface area contributed by atoms with Crippen molar-refractivity contribution in [3.8, 4) is 12.1 Å². The largest absolute Gasteiger partial charge is 0.294 e. The summed E-state index contributed by atoms with van der Waals surface area (Å²) in [5.41, 5.74) is 2.12. The number of ketones is 1. The van der Waals surface area contributed by atoms with Crippen molar-refractivity contribution in [1.82, 2.24) is 0 Å². The fourth-order valence-corrected chi connectivity index (χ4v) is 1.79. The number of Topliss-reactive ketones (excluding diaryl/α,β-unsaturated/α-hetero) is 1. The van der Waals surface area contributed by atoms with Gasteiger partial charge in [0.15, 0.2) is 5.78 Å². The highest BCUT2D eigenvalue weighted by molar-refractivity contribution is 6.03. The van der Waals surface area contributed by atoms with E-state index in [1.165, 1.54) is 0 Å². The van der Waals surface area contributed by atoms with Crippen LogP contribution in [0.3, 0.4) is 0 Å². The summed E-state index contributed by atoms with van der Waals surface area (Å²) < 4.78 is 0. The van der Waals surface area contributed by atoms with Gasteiger partial charge in [-0.1, -0.05) is 0 Å². The number of benzene rings is 1. The molecule has 0 N–H and O–H groups in total. The molecule has 2 rings (SSSR count). The van der Waals surface area contributed by atoms with Gasteiger partial charge in [0.1, 0.15) is 0 Å². The third-order valence-electron chi connectivity index (χ3n) is 2.43. The summed E-state index contributed by atoms with van der Waals surface area (Å²) in [6, 6.07) is 7.17. The highest BCUT2D eigenvalue weighted by Gasteiger charge is 2.25. The Morgan fingerprint density at radius 3 is 2.36 bits per heavy atom. The van der Waals surface area contributed by atoms with E-state index in [-0.39, 0.29) is 5.78 Å². The lowest BCUT2D eigenvalue weighted by Gasteiger charge is -2.01. The van der Waals surface area contributed by atoms with E-state index in [9.17, 15) is 4.79 Å². The van der Waals surface area contributed by atoms with Gasteiger partial charge in [-0.2, -0.15) is 10.5 Å². The van der Waals surface area contributed by atoms with E-state index >= 15 is 0 Å². The van der Waals surface area contributed by atoms with Crippen LogP contribution in [0.15, 0.2) is 12.1 Å². The first-order valence-corrected chi connectivity index (χ1v) is 4.27. The van der Waals surface area contributed by atoms with Gasteiger partial charge in [-0.05, 0) is 24.1 Å². The van der Waals surface area contributed by atoms with Gasteiger partial charge in [-0.25, -0.2) is 0 Å². The first-order chi connectivity index (χ1) is 6.77. The van der Waals surface area contributed by atoms with E-state index in [0.29, 0.717) is 29.5 Å². The predicted molar refractivity (Wildman–Crippen MR) is 48.5 cm³/mol. The maximum atomic E-state index is 11.5. The number of carbonyl (C=O) groups excluding carboxylic acids is 1. The summed E-state index contributed by atoms with van der Waals surface area (Å²) in [5.74, 6) is -0.0198. The molecule has 3 nitrogen and oxygen atoms in total. The summed E-state index contributed by atoms with van der Waals surface area (Å²) in [6.45, 7) is 0. The number of carbonyl (C=O) groups is 1. The van der Waals surface area contributed by atoms with Gasteiger partial charge in [-0.15, -0.1) is 0 Å². The molecule has 14 heavy (non-hydrogen) atoms. The van der Waals surface area contributed by atoms with E-state index in [1.807, 2.05) is 12.1 Å². The SMILES string of the molecule is N#Cc1ccc(C#N)c2c1CCC2=O. The van der Waals surface area contributed by atoms with Crippen molar-refractivity contribution in [3.05, 3.63) is 34.4 Å². The molecule has 0 aliphatic heterocycles. The van der Waals surface area contributed by atoms with Gasteiger partial charge in [0, 0.05) is 12.0 Å². The van der Waals surface area contributed by atoms with Crippen molar-refractivity contribution in [2.24, 2.45) is 0 Å². The summed E-state index contributed by atoms with van der Waals surface area (Å²) in [5, 5.41) is 17.6. The van der Waals surface area contributed by atoms with Gasteiger partial charge >= 0.3 is 0 Å². The molecular formula is C11H6N2O. The average Bonchev–Trinajstić information content (AvgIpc) is 2.60. The third-order valence-corrected chi connectivity index (χ3v) is 2.43. The minimum Gasteiger partial charge on any atom is -0.294 e. The molecule has 0 amide bonds. The van der Waals surface area contributed by atoms with Crippen LogP contribution in [0.4, 0.5) is 0 Å². The Morgan fingerprint density at radius 1 is 1.07 bits per heavy atom. The summed E-state index contributed by atoms with van der Waals surface area (Å²) in [7, 11) is 0. The fourth-order valence-electron chi connectivity index (χ4n) is 1.79. The van der Waals surface area contributed by atoms with Crippen LogP contribution in [-0.2, 0) is 6.42 Å². The molecule has 66 valence electrons. The van der Waals surface area contributed by atoms with E-state index < -0.39 is 0 Å². The molecule has 0 atom stereocenters. The van der Waals surface area contributed by atoms with Crippen LogP contribution >= 0.6 is 0 Å². The zero-order valence-corrected chi connectivity index (χ0v) is 7.37. The van der Waals surface area contributed by atoms with Crippen LogP contribution in [0.1, 0.15) is 33.5 Å². The Bertz CT molecular complexity index is 503. The molecule has 0 bridgehead atoms. The predicted octanol–water partition coefficient (Wildman–Crippen LogP) is 1.56. The van der Waals surface area contributed by atoms with E-state index in [1.54, 1.807) is 12.1 Å². The lowest BCUT2D eigenvalue weighted by atomic mass is 9.99. The van der Waals surface area contributed by atoms with Gasteiger partial charge in [-0.3, -0.25) is 4.79 Å². The van der Waals surface area contributed by atoms with E-state index in [2.05, 4.69) is 0 Å². The van der Waals surface area contributed by atoms with Crippen LogP contribution in [0, 0.1) is 22.7 Å². The number of nitriles is 2. The second-order valence-corrected chi connectivity index (χ2v) is 3.16. The normalized spacial score (nSPS) is 13.1. The molecule has 0 unspecified atom stereocenters. The van der Waals surface area contributed by atoms with Gasteiger partial charge in [0.25, 0.3) is 0 Å². The topological polar surface area (TPSA) is 64.7 Å². The van der Waals surface area contributed by atoms with Gasteiger partial charge in [0.2, 0.25) is 0 Å². The number of hydrogen-bond acceptors (Lipinski definition) is 3. The second kappa shape index (κ2) is 2.97. The van der Waals surface area contributed by atoms with Crippen molar-refractivity contribution < 1.29 is 4.79 Å². The molecule has 0 fully saturated rings. The molecule has 1 aromatic carbocycles. The molecule has 0 radical (unpaired) electrons. The maximum absolute atomic E-state index is 11.5. The van der Waals surface area contributed by atoms with Gasteiger partial charge in [0.05, 0.1) is 23.3 Å². The van der Waals surface area contributed by atoms with Gasteiger partial charge < -0.3 is 0 Å². The Labute approximate surface area is 81.2 Å². The summed E-state index contributed by atoms with van der Waals surface area (Å²) in [6.07, 6.45) is 1.01. The van der Waals surface area contributed by atoms with E-state index in [0.717, 1.165) is 5.56 Å². The molecule has 0 saturated heterocycles. The van der Waals surface area contributed by atoms with E-state index in [4.69, 9.17) is 10.5 Å². The highest BCUT2D eigenvalue weighted by Crippen LogP contribution is 2.27. The van der Waals surface area contributed by atoms with Crippen molar-refractivity contribution in [3.63, 3.8) is 0 Å². The molecule has 0 heterocycles. The summed E-state index contributed by atoms with van der Waals surface area (Å²) >= 11 is 0. The quantitative estimate of drug-likeness (QED) is 0.611. The minimum absolute atomic E-state index is 0.0198. The molecular weight excluding hydrogens is 176 g/mol. The molecule has 1 aliphatic carbocycles. The monoisotopic (exact) mass is 182 g/mol. The molecule has 0 aromatic heterocycles. The maximum Gasteiger partial charge on any atom is 0.164 e. The molecule has 0 saturated carbocycles. The third kappa shape index (κ3) is 1.000. The number of hydrogen-bond donors (Lipinski definition) is 0. The Morgan fingerprint density at radius 2 is 1.71 bits per heavy atom. The zero-order chi connectivity index (χ0) is 10.1. The Balaban J connectivity index is 2.78. The summed E-state index contributed by atoms with van der Waals surface area (Å²) in [4.78, 5) is 11.5. The fraction of sp³-hybridized carbons (Fsp3) is 0.182. The number of rotatable bonds is 0. The Hall–Kier alpha value is -2.13.